The van der Waals surface area contributed by atoms with Gasteiger partial charge in [-0.2, -0.15) is 0 Å². The predicted molar refractivity (Wildman–Crippen MR) is 69.0 cm³/mol. The molecule has 0 amide bonds. The summed E-state index contributed by atoms with van der Waals surface area (Å²) in [5, 5.41) is 0. The Morgan fingerprint density at radius 2 is 2.28 bits per heavy atom. The maximum absolute atomic E-state index is 4.58. The molecule has 1 aliphatic heterocycles. The first-order valence-electron chi connectivity index (χ1n) is 6.29. The fraction of sp³-hybridized carbons (Fsp3) is 0.462. The van der Waals surface area contributed by atoms with Gasteiger partial charge in [0.25, 0.3) is 0 Å². The van der Waals surface area contributed by atoms with E-state index in [0.29, 0.717) is 6.04 Å². The van der Waals surface area contributed by atoms with E-state index < -0.39 is 0 Å². The number of aromatic nitrogens is 4. The number of hydrogen-bond acceptors (Lipinski definition) is 4. The number of nitrogens with one attached hydrogen (secondary N) is 1. The molecule has 1 saturated heterocycles. The Labute approximate surface area is 106 Å². The maximum Gasteiger partial charge on any atom is 0.156 e. The van der Waals surface area contributed by atoms with Gasteiger partial charge in [-0.1, -0.05) is 0 Å². The van der Waals surface area contributed by atoms with Gasteiger partial charge in [0.05, 0.1) is 11.7 Å². The van der Waals surface area contributed by atoms with Crippen LogP contribution in [0.15, 0.2) is 18.5 Å². The molecule has 94 valence electrons. The van der Waals surface area contributed by atoms with E-state index in [9.17, 15) is 0 Å². The minimum atomic E-state index is 0.417. The van der Waals surface area contributed by atoms with Gasteiger partial charge in [0.1, 0.15) is 11.5 Å². The molecule has 1 atom stereocenters. The molecular weight excluding hydrogens is 226 g/mol. The van der Waals surface area contributed by atoms with E-state index in [-0.39, 0.29) is 0 Å². The fourth-order valence-electron chi connectivity index (χ4n) is 2.57. The van der Waals surface area contributed by atoms with Crippen molar-refractivity contribution in [2.24, 2.45) is 0 Å². The molecule has 0 radical (unpaired) electrons. The topological polar surface area (TPSA) is 57.7 Å². The zero-order chi connectivity index (χ0) is 12.5. The van der Waals surface area contributed by atoms with Crippen molar-refractivity contribution in [2.45, 2.75) is 25.8 Å². The summed E-state index contributed by atoms with van der Waals surface area (Å²) < 4.78 is 0. The predicted octanol–water partition coefficient (Wildman–Crippen LogP) is 1.94. The molecule has 1 aliphatic rings. The Kier molecular flexibility index (Phi) is 2.83. The Hall–Kier alpha value is -1.75. The van der Waals surface area contributed by atoms with Crippen LogP contribution in [-0.4, -0.2) is 38.4 Å². The van der Waals surface area contributed by atoms with Crippen LogP contribution in [0.2, 0.25) is 0 Å². The molecule has 0 aliphatic carbocycles. The smallest absolute Gasteiger partial charge is 0.156 e. The zero-order valence-corrected chi connectivity index (χ0v) is 10.7. The van der Waals surface area contributed by atoms with E-state index in [0.717, 1.165) is 29.6 Å². The van der Waals surface area contributed by atoms with Gasteiger partial charge in [0, 0.05) is 12.4 Å². The number of nitrogens with zero attached hydrogens (tertiary/aromatic N) is 4. The van der Waals surface area contributed by atoms with E-state index in [4.69, 9.17) is 0 Å². The van der Waals surface area contributed by atoms with Crippen molar-refractivity contribution in [3.63, 3.8) is 0 Å². The Morgan fingerprint density at radius 1 is 1.39 bits per heavy atom. The molecule has 3 heterocycles. The summed E-state index contributed by atoms with van der Waals surface area (Å²) in [6, 6.07) is 2.47. The lowest BCUT2D eigenvalue weighted by atomic mass is 10.1. The molecule has 0 saturated carbocycles. The maximum atomic E-state index is 4.58. The highest BCUT2D eigenvalue weighted by Crippen LogP contribution is 2.30. The molecule has 5 heteroatoms. The molecule has 1 fully saturated rings. The second-order valence-corrected chi connectivity index (χ2v) is 4.80. The molecule has 3 rings (SSSR count). The molecule has 0 unspecified atom stereocenters. The highest BCUT2D eigenvalue weighted by atomic mass is 15.2. The largest absolute Gasteiger partial charge is 0.343 e. The van der Waals surface area contributed by atoms with Gasteiger partial charge >= 0.3 is 0 Å². The molecule has 18 heavy (non-hydrogen) atoms. The highest BCUT2D eigenvalue weighted by molar-refractivity contribution is 5.49. The lowest BCUT2D eigenvalue weighted by Crippen LogP contribution is -2.19. The number of rotatable bonds is 2. The van der Waals surface area contributed by atoms with Crippen LogP contribution >= 0.6 is 0 Å². The van der Waals surface area contributed by atoms with E-state index in [2.05, 4.69) is 37.9 Å². The summed E-state index contributed by atoms with van der Waals surface area (Å²) in [4.78, 5) is 18.7. The normalized spacial score (nSPS) is 20.4. The SMILES string of the molecule is Cc1nc(-c2ncc[nH]2)cc([C@@H]2CCCN2C)n1. The number of likely N-dealkylation sites (tertiary alicyclic amines) is 1. The van der Waals surface area contributed by atoms with Crippen LogP contribution in [0.3, 0.4) is 0 Å². The quantitative estimate of drug-likeness (QED) is 0.875. The number of imidazole rings is 1. The number of hydrogen-bond donors (Lipinski definition) is 1. The third-order valence-corrected chi connectivity index (χ3v) is 3.46. The van der Waals surface area contributed by atoms with Crippen molar-refractivity contribution in [3.8, 4) is 11.5 Å². The molecule has 1 N–H and O–H groups in total. The second-order valence-electron chi connectivity index (χ2n) is 4.80. The standard InChI is InChI=1S/C13H17N5/c1-9-16-10(12-4-3-7-18(12)2)8-11(17-9)13-14-5-6-15-13/h5-6,8,12H,3-4,7H2,1-2H3,(H,14,15)/t12-/m0/s1. The van der Waals surface area contributed by atoms with Gasteiger partial charge in [-0.05, 0) is 39.4 Å². The van der Waals surface area contributed by atoms with Gasteiger partial charge in [0.15, 0.2) is 5.82 Å². The van der Waals surface area contributed by atoms with Gasteiger partial charge < -0.3 is 4.98 Å². The molecule has 0 bridgehead atoms. The van der Waals surface area contributed by atoms with Crippen LogP contribution in [0.5, 0.6) is 0 Å². The summed E-state index contributed by atoms with van der Waals surface area (Å²) in [5.41, 5.74) is 1.98. The Morgan fingerprint density at radius 3 is 2.94 bits per heavy atom. The van der Waals surface area contributed by atoms with Crippen molar-refractivity contribution in [1.29, 1.82) is 0 Å². The van der Waals surface area contributed by atoms with Crippen LogP contribution in [-0.2, 0) is 0 Å². The monoisotopic (exact) mass is 243 g/mol. The summed E-state index contributed by atoms with van der Waals surface area (Å²) in [6.45, 7) is 3.08. The summed E-state index contributed by atoms with van der Waals surface area (Å²) in [7, 11) is 2.15. The van der Waals surface area contributed by atoms with Gasteiger partial charge in [-0.15, -0.1) is 0 Å². The Bertz CT molecular complexity index is 534. The van der Waals surface area contributed by atoms with Crippen molar-refractivity contribution in [1.82, 2.24) is 24.8 Å². The third-order valence-electron chi connectivity index (χ3n) is 3.46. The summed E-state index contributed by atoms with van der Waals surface area (Å²) >= 11 is 0. The van der Waals surface area contributed by atoms with Gasteiger partial charge in [-0.3, -0.25) is 4.90 Å². The van der Waals surface area contributed by atoms with E-state index in [1.54, 1.807) is 6.20 Å². The Balaban J connectivity index is 2.01. The van der Waals surface area contributed by atoms with Crippen LogP contribution in [0, 0.1) is 6.92 Å². The first-order chi connectivity index (χ1) is 8.74. The number of aromatic amines is 1. The molecule has 5 nitrogen and oxygen atoms in total. The van der Waals surface area contributed by atoms with Crippen LogP contribution in [0.1, 0.15) is 30.4 Å². The third kappa shape index (κ3) is 2.01. The highest BCUT2D eigenvalue weighted by Gasteiger charge is 2.24. The fourth-order valence-corrected chi connectivity index (χ4v) is 2.57. The molecular formula is C13H17N5. The molecule has 0 spiro atoms. The second kappa shape index (κ2) is 4.49. The van der Waals surface area contributed by atoms with Crippen molar-refractivity contribution < 1.29 is 0 Å². The molecule has 2 aromatic heterocycles. The number of H-pyrrole nitrogens is 1. The molecule has 0 aromatic carbocycles. The van der Waals surface area contributed by atoms with Crippen LogP contribution in [0.25, 0.3) is 11.5 Å². The average Bonchev–Trinajstić information content (AvgIpc) is 2.98. The minimum absolute atomic E-state index is 0.417. The van der Waals surface area contributed by atoms with Crippen molar-refractivity contribution in [2.75, 3.05) is 13.6 Å². The average molecular weight is 243 g/mol. The molecule has 2 aromatic rings. The van der Waals surface area contributed by atoms with E-state index in [1.165, 1.54) is 12.8 Å². The lowest BCUT2D eigenvalue weighted by Gasteiger charge is -2.19. The van der Waals surface area contributed by atoms with Gasteiger partial charge in [0.2, 0.25) is 0 Å². The van der Waals surface area contributed by atoms with E-state index in [1.807, 2.05) is 13.1 Å². The van der Waals surface area contributed by atoms with E-state index >= 15 is 0 Å². The summed E-state index contributed by atoms with van der Waals surface area (Å²) in [5.74, 6) is 1.61. The summed E-state index contributed by atoms with van der Waals surface area (Å²) in [6.07, 6.45) is 5.97. The lowest BCUT2D eigenvalue weighted by molar-refractivity contribution is 0.311. The zero-order valence-electron chi connectivity index (χ0n) is 10.7. The van der Waals surface area contributed by atoms with Crippen LogP contribution in [0.4, 0.5) is 0 Å². The van der Waals surface area contributed by atoms with Crippen LogP contribution < -0.4 is 0 Å². The minimum Gasteiger partial charge on any atom is -0.343 e. The van der Waals surface area contributed by atoms with Crippen molar-refractivity contribution in [3.05, 3.63) is 30.0 Å². The number of aryl methyl sites for hydroxylation is 1. The first-order valence-corrected chi connectivity index (χ1v) is 6.29. The first kappa shape index (κ1) is 11.3. The van der Waals surface area contributed by atoms with Crippen molar-refractivity contribution >= 4 is 0 Å². The van der Waals surface area contributed by atoms with Gasteiger partial charge in [-0.25, -0.2) is 15.0 Å².